The summed E-state index contributed by atoms with van der Waals surface area (Å²) >= 11 is 5.86. The first-order valence-electron chi connectivity index (χ1n) is 9.73. The van der Waals surface area contributed by atoms with Gasteiger partial charge in [0.1, 0.15) is 17.5 Å². The van der Waals surface area contributed by atoms with Crippen molar-refractivity contribution in [2.45, 2.75) is 31.0 Å². The van der Waals surface area contributed by atoms with E-state index < -0.39 is 11.7 Å². The quantitative estimate of drug-likeness (QED) is 0.600. The molecule has 0 saturated carbocycles. The topological polar surface area (TPSA) is 72.8 Å². The van der Waals surface area contributed by atoms with Gasteiger partial charge in [-0.25, -0.2) is 4.39 Å². The molecule has 2 atom stereocenters. The number of halogens is 2. The summed E-state index contributed by atoms with van der Waals surface area (Å²) in [5.41, 5.74) is 0.575. The Morgan fingerprint density at radius 1 is 1.17 bits per heavy atom. The third-order valence-corrected chi connectivity index (χ3v) is 5.64. The van der Waals surface area contributed by atoms with Crippen LogP contribution in [0.15, 0.2) is 48.5 Å². The molecule has 0 radical (unpaired) electrons. The van der Waals surface area contributed by atoms with Crippen LogP contribution >= 0.6 is 11.6 Å². The first-order chi connectivity index (χ1) is 13.9. The summed E-state index contributed by atoms with van der Waals surface area (Å²) < 4.78 is 12.9. The molecule has 1 saturated heterocycles. The van der Waals surface area contributed by atoms with Crippen LogP contribution in [0, 0.1) is 5.82 Å². The second-order valence-corrected chi connectivity index (χ2v) is 8.00. The molecule has 1 aliphatic heterocycles. The average molecular weight is 421 g/mol. The Kier molecular flexibility index (Phi) is 7.24. The largest absolute Gasteiger partial charge is 0.388 e. The molecule has 0 bridgehead atoms. The molecule has 2 aromatic rings. The van der Waals surface area contributed by atoms with Gasteiger partial charge in [-0.15, -0.1) is 0 Å². The van der Waals surface area contributed by atoms with Crippen LogP contribution in [0.5, 0.6) is 0 Å². The number of piperidine rings is 1. The van der Waals surface area contributed by atoms with E-state index in [0.29, 0.717) is 31.0 Å². The highest BCUT2D eigenvalue weighted by molar-refractivity contribution is 6.30. The number of aliphatic hydroxyl groups is 2. The van der Waals surface area contributed by atoms with Crippen LogP contribution in [0.2, 0.25) is 5.02 Å². The highest BCUT2D eigenvalue weighted by atomic mass is 35.5. The predicted octanol–water partition coefficient (Wildman–Crippen LogP) is 2.18. The van der Waals surface area contributed by atoms with E-state index in [2.05, 4.69) is 5.32 Å². The van der Waals surface area contributed by atoms with Crippen LogP contribution in [-0.4, -0.2) is 58.9 Å². The van der Waals surface area contributed by atoms with Crippen molar-refractivity contribution in [1.82, 2.24) is 10.2 Å². The zero-order valence-corrected chi connectivity index (χ0v) is 16.9. The van der Waals surface area contributed by atoms with Gasteiger partial charge < -0.3 is 20.4 Å². The Hall–Kier alpha value is -1.99. The molecule has 0 unspecified atom stereocenters. The second kappa shape index (κ2) is 9.67. The zero-order valence-electron chi connectivity index (χ0n) is 16.2. The van der Waals surface area contributed by atoms with Gasteiger partial charge >= 0.3 is 0 Å². The van der Waals surface area contributed by atoms with Gasteiger partial charge in [0.05, 0.1) is 6.42 Å². The normalized spacial score (nSPS) is 21.9. The number of nitrogens with one attached hydrogen (secondary N) is 1. The Labute approximate surface area is 175 Å². The Bertz CT molecular complexity index is 816. The maximum Gasteiger partial charge on any atom is 0.227 e. The summed E-state index contributed by atoms with van der Waals surface area (Å²) in [5.74, 6) is -0.353. The monoisotopic (exact) mass is 420 g/mol. The van der Waals surface area contributed by atoms with Gasteiger partial charge in [0.2, 0.25) is 5.91 Å². The third-order valence-electron chi connectivity index (χ3n) is 5.38. The molecule has 0 aromatic heterocycles. The molecule has 1 aliphatic rings. The van der Waals surface area contributed by atoms with Gasteiger partial charge in [0.25, 0.3) is 0 Å². The lowest BCUT2D eigenvalue weighted by molar-refractivity contribution is -0.148. The minimum atomic E-state index is -1.28. The number of rotatable bonds is 7. The Morgan fingerprint density at radius 3 is 2.48 bits per heavy atom. The maximum atomic E-state index is 12.9. The first-order valence-corrected chi connectivity index (χ1v) is 10.1. The summed E-state index contributed by atoms with van der Waals surface area (Å²) in [6.45, 7) is 1.32. The molecule has 3 N–H and O–H groups in total. The average Bonchev–Trinajstić information content (AvgIpc) is 2.70. The van der Waals surface area contributed by atoms with Crippen LogP contribution in [-0.2, 0) is 17.6 Å². The van der Waals surface area contributed by atoms with E-state index >= 15 is 0 Å². The number of hydrogen-bond acceptors (Lipinski definition) is 4. The number of β-amino-alcohol motifs (C(OH)–C–C–N with tert-alkyl or cyclic N) is 1. The molecule has 0 spiro atoms. The summed E-state index contributed by atoms with van der Waals surface area (Å²) in [6, 6.07) is 13.4. The van der Waals surface area contributed by atoms with Crippen LogP contribution in [0.3, 0.4) is 0 Å². The lowest BCUT2D eigenvalue weighted by atomic mass is 9.88. The van der Waals surface area contributed by atoms with Crippen molar-refractivity contribution >= 4 is 17.5 Å². The van der Waals surface area contributed by atoms with Gasteiger partial charge in [0, 0.05) is 24.7 Å². The number of likely N-dealkylation sites (tertiary alicyclic amines) is 1. The van der Waals surface area contributed by atoms with Gasteiger partial charge in [-0.3, -0.25) is 4.79 Å². The Balaban J connectivity index is 1.44. The number of benzene rings is 2. The summed E-state index contributed by atoms with van der Waals surface area (Å²) in [6.07, 6.45) is 0.198. The molecule has 29 heavy (non-hydrogen) atoms. The van der Waals surface area contributed by atoms with Crippen molar-refractivity contribution in [3.05, 3.63) is 70.5 Å². The van der Waals surface area contributed by atoms with E-state index in [1.807, 2.05) is 12.1 Å². The van der Waals surface area contributed by atoms with Crippen molar-refractivity contribution in [2.24, 2.45) is 0 Å². The SMILES string of the molecule is O=C(Cc1ccc(Cl)cc1)N1CC[C@](O)(CNCCc2ccc(F)cc2)[C@@H](O)C1. The van der Waals surface area contributed by atoms with E-state index in [1.165, 1.54) is 12.1 Å². The third kappa shape index (κ3) is 6.00. The molecular weight excluding hydrogens is 395 g/mol. The molecule has 3 rings (SSSR count). The molecule has 1 amide bonds. The van der Waals surface area contributed by atoms with E-state index in [9.17, 15) is 19.4 Å². The van der Waals surface area contributed by atoms with Crippen molar-refractivity contribution in [1.29, 1.82) is 0 Å². The zero-order chi connectivity index (χ0) is 20.9. The van der Waals surface area contributed by atoms with Gasteiger partial charge in [0.15, 0.2) is 0 Å². The molecule has 7 heteroatoms. The Morgan fingerprint density at radius 2 is 1.83 bits per heavy atom. The highest BCUT2D eigenvalue weighted by Gasteiger charge is 2.41. The second-order valence-electron chi connectivity index (χ2n) is 7.57. The molecule has 5 nitrogen and oxygen atoms in total. The molecular formula is C22H26ClFN2O3. The van der Waals surface area contributed by atoms with E-state index in [4.69, 9.17) is 11.6 Å². The summed E-state index contributed by atoms with van der Waals surface area (Å²) in [7, 11) is 0. The van der Waals surface area contributed by atoms with Crippen LogP contribution in [0.25, 0.3) is 0 Å². The lowest BCUT2D eigenvalue weighted by Gasteiger charge is -2.42. The van der Waals surface area contributed by atoms with Gasteiger partial charge in [-0.1, -0.05) is 35.9 Å². The van der Waals surface area contributed by atoms with E-state index in [1.54, 1.807) is 29.2 Å². The van der Waals surface area contributed by atoms with E-state index in [0.717, 1.165) is 11.1 Å². The summed E-state index contributed by atoms with van der Waals surface area (Å²) in [4.78, 5) is 14.1. The summed E-state index contributed by atoms with van der Waals surface area (Å²) in [5, 5.41) is 25.0. The number of amides is 1. The molecule has 1 fully saturated rings. The fraction of sp³-hybridized carbons (Fsp3) is 0.409. The van der Waals surface area contributed by atoms with Crippen molar-refractivity contribution in [2.75, 3.05) is 26.2 Å². The highest BCUT2D eigenvalue weighted by Crippen LogP contribution is 2.23. The number of carbonyl (C=O) groups excluding carboxylic acids is 1. The predicted molar refractivity (Wildman–Crippen MR) is 110 cm³/mol. The van der Waals surface area contributed by atoms with Crippen molar-refractivity contribution in [3.8, 4) is 0 Å². The number of nitrogens with zero attached hydrogens (tertiary/aromatic N) is 1. The molecule has 2 aromatic carbocycles. The molecule has 156 valence electrons. The van der Waals surface area contributed by atoms with Crippen molar-refractivity contribution in [3.63, 3.8) is 0 Å². The minimum Gasteiger partial charge on any atom is -0.388 e. The lowest BCUT2D eigenvalue weighted by Crippen LogP contribution is -2.60. The van der Waals surface area contributed by atoms with E-state index in [-0.39, 0.29) is 31.2 Å². The van der Waals surface area contributed by atoms with Gasteiger partial charge in [-0.05, 0) is 54.8 Å². The van der Waals surface area contributed by atoms with Gasteiger partial charge in [-0.2, -0.15) is 0 Å². The van der Waals surface area contributed by atoms with Crippen LogP contribution < -0.4 is 5.32 Å². The van der Waals surface area contributed by atoms with Crippen LogP contribution in [0.4, 0.5) is 4.39 Å². The maximum absolute atomic E-state index is 12.9. The fourth-order valence-corrected chi connectivity index (χ4v) is 3.60. The van der Waals surface area contributed by atoms with Crippen LogP contribution in [0.1, 0.15) is 17.5 Å². The molecule has 1 heterocycles. The fourth-order valence-electron chi connectivity index (χ4n) is 3.48. The molecule has 0 aliphatic carbocycles. The number of aliphatic hydroxyl groups excluding tert-OH is 1. The first kappa shape index (κ1) is 21.7. The number of carbonyl (C=O) groups is 1. The standard InChI is InChI=1S/C22H26ClFN2O3/c23-18-5-1-17(2-6-18)13-21(28)26-12-10-22(29,20(27)14-26)15-25-11-9-16-3-7-19(24)8-4-16/h1-8,20,25,27,29H,9-15H2/t20-,22-/m0/s1. The number of hydrogen-bond donors (Lipinski definition) is 3. The van der Waals surface area contributed by atoms with Crippen molar-refractivity contribution < 1.29 is 19.4 Å². The minimum absolute atomic E-state index is 0.0855. The smallest absolute Gasteiger partial charge is 0.227 e.